The highest BCUT2D eigenvalue weighted by atomic mass is 32.2. The van der Waals surface area contributed by atoms with E-state index in [1.807, 2.05) is 11.8 Å². The summed E-state index contributed by atoms with van der Waals surface area (Å²) in [5, 5.41) is 3.29. The van der Waals surface area contributed by atoms with Crippen LogP contribution in [0.4, 0.5) is 4.39 Å². The summed E-state index contributed by atoms with van der Waals surface area (Å²) in [5.74, 6) is 1.40. The SMILES string of the molecule is NC(=O)c1ccc(F)c(CNC2CCSC2)c1. The van der Waals surface area contributed by atoms with Gasteiger partial charge in [-0.05, 0) is 30.4 Å². The minimum absolute atomic E-state index is 0.298. The molecule has 1 atom stereocenters. The summed E-state index contributed by atoms with van der Waals surface area (Å²) in [6.45, 7) is 0.443. The number of primary amides is 1. The molecule has 5 heteroatoms. The van der Waals surface area contributed by atoms with E-state index in [9.17, 15) is 9.18 Å². The van der Waals surface area contributed by atoms with Crippen molar-refractivity contribution in [3.05, 3.63) is 35.1 Å². The zero-order chi connectivity index (χ0) is 12.3. The molecule has 1 amide bonds. The Hall–Kier alpha value is -1.07. The minimum Gasteiger partial charge on any atom is -0.366 e. The van der Waals surface area contributed by atoms with Gasteiger partial charge in [0.2, 0.25) is 5.91 Å². The second-order valence-electron chi connectivity index (χ2n) is 4.11. The van der Waals surface area contributed by atoms with Crippen LogP contribution in [-0.2, 0) is 6.54 Å². The van der Waals surface area contributed by atoms with Crippen molar-refractivity contribution in [3.63, 3.8) is 0 Å². The molecule has 1 aromatic carbocycles. The predicted octanol–water partition coefficient (Wildman–Crippen LogP) is 1.52. The number of hydrogen-bond acceptors (Lipinski definition) is 3. The molecule has 17 heavy (non-hydrogen) atoms. The van der Waals surface area contributed by atoms with Crippen LogP contribution in [0.25, 0.3) is 0 Å². The van der Waals surface area contributed by atoms with E-state index in [2.05, 4.69) is 5.32 Å². The number of thioether (sulfide) groups is 1. The van der Waals surface area contributed by atoms with Crippen molar-refractivity contribution in [1.29, 1.82) is 0 Å². The lowest BCUT2D eigenvalue weighted by Crippen LogP contribution is -2.28. The van der Waals surface area contributed by atoms with Crippen molar-refractivity contribution < 1.29 is 9.18 Å². The van der Waals surface area contributed by atoms with E-state index in [1.165, 1.54) is 18.2 Å². The van der Waals surface area contributed by atoms with Gasteiger partial charge in [0.25, 0.3) is 0 Å². The molecule has 0 aromatic heterocycles. The molecule has 2 rings (SSSR count). The predicted molar refractivity (Wildman–Crippen MR) is 67.5 cm³/mol. The number of benzene rings is 1. The van der Waals surface area contributed by atoms with Crippen LogP contribution in [0.5, 0.6) is 0 Å². The molecule has 3 nitrogen and oxygen atoms in total. The van der Waals surface area contributed by atoms with Crippen LogP contribution in [0.3, 0.4) is 0 Å². The molecule has 1 heterocycles. The zero-order valence-corrected chi connectivity index (χ0v) is 10.2. The number of halogens is 1. The molecule has 1 fully saturated rings. The highest BCUT2D eigenvalue weighted by Crippen LogP contribution is 2.18. The third kappa shape index (κ3) is 3.20. The first-order valence-electron chi connectivity index (χ1n) is 5.56. The smallest absolute Gasteiger partial charge is 0.248 e. The molecule has 0 saturated carbocycles. The summed E-state index contributed by atoms with van der Waals surface area (Å²) in [6.07, 6.45) is 1.11. The normalized spacial score (nSPS) is 19.5. The minimum atomic E-state index is -0.525. The monoisotopic (exact) mass is 254 g/mol. The van der Waals surface area contributed by atoms with Gasteiger partial charge < -0.3 is 11.1 Å². The first-order chi connectivity index (χ1) is 8.16. The quantitative estimate of drug-likeness (QED) is 0.856. The highest BCUT2D eigenvalue weighted by molar-refractivity contribution is 7.99. The van der Waals surface area contributed by atoms with Gasteiger partial charge in [-0.15, -0.1) is 0 Å². The van der Waals surface area contributed by atoms with Crippen LogP contribution in [0, 0.1) is 5.82 Å². The Bertz CT molecular complexity index is 419. The largest absolute Gasteiger partial charge is 0.366 e. The van der Waals surface area contributed by atoms with Gasteiger partial charge in [-0.1, -0.05) is 0 Å². The van der Waals surface area contributed by atoms with Crippen LogP contribution >= 0.6 is 11.8 Å². The molecule has 3 N–H and O–H groups in total. The molecular weight excluding hydrogens is 239 g/mol. The van der Waals surface area contributed by atoms with E-state index in [0.29, 0.717) is 23.7 Å². The van der Waals surface area contributed by atoms with Crippen molar-refractivity contribution in [2.45, 2.75) is 19.0 Å². The molecule has 1 aliphatic rings. The van der Waals surface area contributed by atoms with Crippen LogP contribution in [0.2, 0.25) is 0 Å². The first kappa shape index (κ1) is 12.4. The molecular formula is C12H15FN2OS. The van der Waals surface area contributed by atoms with Crippen LogP contribution in [0.15, 0.2) is 18.2 Å². The Kier molecular flexibility index (Phi) is 4.02. The molecule has 1 saturated heterocycles. The molecule has 0 aliphatic carbocycles. The number of nitrogens with two attached hydrogens (primary N) is 1. The summed E-state index contributed by atoms with van der Waals surface area (Å²) in [5.41, 5.74) is 6.02. The van der Waals surface area contributed by atoms with E-state index in [4.69, 9.17) is 5.73 Å². The molecule has 1 unspecified atom stereocenters. The average molecular weight is 254 g/mol. The molecule has 0 spiro atoms. The number of hydrogen-bond donors (Lipinski definition) is 2. The second-order valence-corrected chi connectivity index (χ2v) is 5.26. The van der Waals surface area contributed by atoms with Gasteiger partial charge in [0, 0.05) is 29.5 Å². The zero-order valence-electron chi connectivity index (χ0n) is 9.41. The Morgan fingerprint density at radius 3 is 3.06 bits per heavy atom. The van der Waals surface area contributed by atoms with Gasteiger partial charge in [-0.2, -0.15) is 11.8 Å². The molecule has 0 bridgehead atoms. The van der Waals surface area contributed by atoms with Crippen molar-refractivity contribution in [2.24, 2.45) is 5.73 Å². The van der Waals surface area contributed by atoms with Crippen LogP contribution in [0.1, 0.15) is 22.3 Å². The molecule has 92 valence electrons. The fourth-order valence-corrected chi connectivity index (χ4v) is 3.00. The summed E-state index contributed by atoms with van der Waals surface area (Å²) in [6, 6.07) is 4.66. The van der Waals surface area contributed by atoms with E-state index in [-0.39, 0.29) is 5.82 Å². The fourth-order valence-electron chi connectivity index (χ4n) is 1.81. The lowest BCUT2D eigenvalue weighted by Gasteiger charge is -2.12. The van der Waals surface area contributed by atoms with Crippen molar-refractivity contribution in [1.82, 2.24) is 5.32 Å². The number of rotatable bonds is 4. The van der Waals surface area contributed by atoms with Gasteiger partial charge in [-0.3, -0.25) is 4.79 Å². The number of nitrogens with one attached hydrogen (secondary N) is 1. The summed E-state index contributed by atoms with van der Waals surface area (Å²) < 4.78 is 13.5. The Morgan fingerprint density at radius 1 is 1.59 bits per heavy atom. The van der Waals surface area contributed by atoms with Gasteiger partial charge in [-0.25, -0.2) is 4.39 Å². The van der Waals surface area contributed by atoms with E-state index in [1.54, 1.807) is 0 Å². The van der Waals surface area contributed by atoms with Crippen LogP contribution < -0.4 is 11.1 Å². The third-order valence-corrected chi connectivity index (χ3v) is 4.00. The maximum atomic E-state index is 13.5. The van der Waals surface area contributed by atoms with Crippen molar-refractivity contribution >= 4 is 17.7 Å². The summed E-state index contributed by atoms with van der Waals surface area (Å²) >= 11 is 1.90. The number of carbonyl (C=O) groups is 1. The topological polar surface area (TPSA) is 55.1 Å². The number of amides is 1. The van der Waals surface area contributed by atoms with E-state index >= 15 is 0 Å². The lowest BCUT2D eigenvalue weighted by atomic mass is 10.1. The molecule has 1 aliphatic heterocycles. The first-order valence-corrected chi connectivity index (χ1v) is 6.71. The van der Waals surface area contributed by atoms with Crippen LogP contribution in [-0.4, -0.2) is 23.5 Å². The maximum Gasteiger partial charge on any atom is 0.248 e. The van der Waals surface area contributed by atoms with Crippen molar-refractivity contribution in [3.8, 4) is 0 Å². The lowest BCUT2D eigenvalue weighted by molar-refractivity contribution is 0.1000. The third-order valence-electron chi connectivity index (χ3n) is 2.84. The molecule has 0 radical (unpaired) electrons. The summed E-state index contributed by atoms with van der Waals surface area (Å²) in [4.78, 5) is 11.0. The Morgan fingerprint density at radius 2 is 2.41 bits per heavy atom. The standard InChI is InChI=1S/C12H15FN2OS/c13-11-2-1-8(12(14)16)5-9(11)6-15-10-3-4-17-7-10/h1-2,5,10,15H,3-4,6-7H2,(H2,14,16). The summed E-state index contributed by atoms with van der Waals surface area (Å²) in [7, 11) is 0. The second kappa shape index (κ2) is 5.51. The van der Waals surface area contributed by atoms with Gasteiger partial charge in [0.1, 0.15) is 5.82 Å². The Balaban J connectivity index is 2.03. The van der Waals surface area contributed by atoms with Gasteiger partial charge in [0.05, 0.1) is 0 Å². The van der Waals surface area contributed by atoms with Gasteiger partial charge in [0.15, 0.2) is 0 Å². The Labute approximate surface area is 104 Å². The van der Waals surface area contributed by atoms with Crippen molar-refractivity contribution in [2.75, 3.05) is 11.5 Å². The average Bonchev–Trinajstić information content (AvgIpc) is 2.80. The fraction of sp³-hybridized carbons (Fsp3) is 0.417. The number of carbonyl (C=O) groups excluding carboxylic acids is 1. The highest BCUT2D eigenvalue weighted by Gasteiger charge is 2.15. The van der Waals surface area contributed by atoms with E-state index < -0.39 is 5.91 Å². The van der Waals surface area contributed by atoms with Gasteiger partial charge >= 0.3 is 0 Å². The maximum absolute atomic E-state index is 13.5. The molecule has 1 aromatic rings. The van der Waals surface area contributed by atoms with E-state index in [0.717, 1.165) is 17.9 Å².